The van der Waals surface area contributed by atoms with E-state index in [4.69, 9.17) is 0 Å². The van der Waals surface area contributed by atoms with Crippen LogP contribution in [-0.2, 0) is 15.8 Å². The molecule has 0 saturated carbocycles. The van der Waals surface area contributed by atoms with Crippen molar-refractivity contribution in [3.8, 4) is 11.3 Å². The summed E-state index contributed by atoms with van der Waals surface area (Å²) in [5.41, 5.74) is 2.50. The van der Waals surface area contributed by atoms with Crippen LogP contribution in [0.25, 0.3) is 11.3 Å². The molecule has 24 heavy (non-hydrogen) atoms. The molecule has 3 rings (SSSR count). The number of thiazole rings is 1. The molecule has 3 aromatic rings. The number of benzene rings is 2. The maximum absolute atomic E-state index is 13.2. The van der Waals surface area contributed by atoms with E-state index in [2.05, 4.69) is 9.71 Å². The Morgan fingerprint density at radius 3 is 2.67 bits per heavy atom. The number of sulfonamides is 1. The van der Waals surface area contributed by atoms with Crippen molar-refractivity contribution in [3.05, 3.63) is 70.3 Å². The van der Waals surface area contributed by atoms with Crippen molar-refractivity contribution in [1.82, 2.24) is 4.98 Å². The molecule has 7 heteroatoms. The summed E-state index contributed by atoms with van der Waals surface area (Å²) in [7, 11) is -3.63. The Bertz CT molecular complexity index is 968. The van der Waals surface area contributed by atoms with Gasteiger partial charge in [0.25, 0.3) is 0 Å². The molecule has 0 bridgehead atoms. The zero-order valence-electron chi connectivity index (χ0n) is 12.9. The molecule has 0 fully saturated rings. The Morgan fingerprint density at radius 1 is 1.17 bits per heavy atom. The molecule has 0 spiro atoms. The van der Waals surface area contributed by atoms with Crippen molar-refractivity contribution in [3.63, 3.8) is 0 Å². The van der Waals surface area contributed by atoms with Crippen LogP contribution in [-0.4, -0.2) is 13.4 Å². The minimum atomic E-state index is -3.63. The first-order valence-corrected chi connectivity index (χ1v) is 9.72. The molecule has 1 aromatic heterocycles. The monoisotopic (exact) mass is 362 g/mol. The molecule has 0 amide bonds. The third-order valence-corrected chi connectivity index (χ3v) is 5.33. The lowest BCUT2D eigenvalue weighted by Gasteiger charge is -2.09. The third kappa shape index (κ3) is 4.18. The van der Waals surface area contributed by atoms with E-state index in [9.17, 15) is 12.8 Å². The smallest absolute Gasteiger partial charge is 0.236 e. The van der Waals surface area contributed by atoms with Crippen molar-refractivity contribution >= 4 is 27.0 Å². The molecule has 0 aliphatic carbocycles. The van der Waals surface area contributed by atoms with Crippen molar-refractivity contribution < 1.29 is 12.8 Å². The van der Waals surface area contributed by atoms with Crippen LogP contribution in [0.15, 0.2) is 53.9 Å². The van der Waals surface area contributed by atoms with Crippen LogP contribution in [0.2, 0.25) is 0 Å². The molecule has 0 atom stereocenters. The molecule has 0 unspecified atom stereocenters. The number of anilines is 1. The summed E-state index contributed by atoms with van der Waals surface area (Å²) in [5.74, 6) is -0.742. The number of aromatic nitrogens is 1. The molecule has 0 aliphatic heterocycles. The van der Waals surface area contributed by atoms with Gasteiger partial charge in [0.05, 0.1) is 16.5 Å². The topological polar surface area (TPSA) is 59.1 Å². The van der Waals surface area contributed by atoms with Gasteiger partial charge in [0.2, 0.25) is 10.0 Å². The highest BCUT2D eigenvalue weighted by atomic mass is 32.2. The molecule has 0 aliphatic rings. The van der Waals surface area contributed by atoms with E-state index in [1.54, 1.807) is 24.3 Å². The summed E-state index contributed by atoms with van der Waals surface area (Å²) in [5, 5.41) is 2.87. The van der Waals surface area contributed by atoms with Crippen LogP contribution in [0.1, 0.15) is 10.6 Å². The van der Waals surface area contributed by atoms with E-state index in [1.807, 2.05) is 18.4 Å². The minimum absolute atomic E-state index is 0.287. The number of nitrogens with one attached hydrogen (secondary N) is 1. The first-order chi connectivity index (χ1) is 11.4. The van der Waals surface area contributed by atoms with E-state index in [0.717, 1.165) is 16.3 Å². The highest BCUT2D eigenvalue weighted by Gasteiger charge is 2.13. The standard InChI is InChI=1S/C17H15FN2O2S2/c1-12-19-17(10-23-12)14-5-3-7-16(9-14)20-24(21,22)11-13-4-2-6-15(18)8-13/h2-10,20H,11H2,1H3. The number of halogens is 1. The first kappa shape index (κ1) is 16.6. The Morgan fingerprint density at radius 2 is 1.96 bits per heavy atom. The molecule has 124 valence electrons. The van der Waals surface area contributed by atoms with Gasteiger partial charge in [0, 0.05) is 16.6 Å². The Balaban J connectivity index is 1.80. The Kier molecular flexibility index (Phi) is 4.64. The first-order valence-electron chi connectivity index (χ1n) is 7.19. The van der Waals surface area contributed by atoms with Gasteiger partial charge in [-0.1, -0.05) is 24.3 Å². The molecule has 0 saturated heterocycles. The van der Waals surface area contributed by atoms with E-state index < -0.39 is 15.8 Å². The number of aryl methyl sites for hydroxylation is 1. The van der Waals surface area contributed by atoms with E-state index >= 15 is 0 Å². The largest absolute Gasteiger partial charge is 0.283 e. The van der Waals surface area contributed by atoms with Crippen LogP contribution in [0.4, 0.5) is 10.1 Å². The fourth-order valence-corrected chi connectivity index (χ4v) is 4.10. The van der Waals surface area contributed by atoms with Gasteiger partial charge in [-0.05, 0) is 36.8 Å². The average molecular weight is 362 g/mol. The van der Waals surface area contributed by atoms with Crippen LogP contribution >= 0.6 is 11.3 Å². The SMILES string of the molecule is Cc1nc(-c2cccc(NS(=O)(=O)Cc3cccc(F)c3)c2)cs1. The molecular weight excluding hydrogens is 347 g/mol. The van der Waals surface area contributed by atoms with Gasteiger partial charge < -0.3 is 0 Å². The van der Waals surface area contributed by atoms with Gasteiger partial charge in [0.15, 0.2) is 0 Å². The van der Waals surface area contributed by atoms with Crippen molar-refractivity contribution in [2.45, 2.75) is 12.7 Å². The highest BCUT2D eigenvalue weighted by Crippen LogP contribution is 2.25. The maximum Gasteiger partial charge on any atom is 0.236 e. The van der Waals surface area contributed by atoms with E-state index in [1.165, 1.54) is 29.5 Å². The lowest BCUT2D eigenvalue weighted by atomic mass is 10.1. The predicted octanol–water partition coefficient (Wildman–Crippen LogP) is 4.20. The lowest BCUT2D eigenvalue weighted by molar-refractivity contribution is 0.599. The van der Waals surface area contributed by atoms with Gasteiger partial charge >= 0.3 is 0 Å². The highest BCUT2D eigenvalue weighted by molar-refractivity contribution is 7.91. The Hall–Kier alpha value is -2.25. The number of hydrogen-bond acceptors (Lipinski definition) is 4. The Labute approximate surface area is 144 Å². The van der Waals surface area contributed by atoms with Crippen molar-refractivity contribution in [2.75, 3.05) is 4.72 Å². The second-order valence-corrected chi connectivity index (χ2v) is 8.11. The molecule has 2 aromatic carbocycles. The summed E-state index contributed by atoms with van der Waals surface area (Å²) in [6.45, 7) is 1.92. The summed E-state index contributed by atoms with van der Waals surface area (Å²) >= 11 is 1.54. The summed E-state index contributed by atoms with van der Waals surface area (Å²) in [4.78, 5) is 4.40. The zero-order valence-corrected chi connectivity index (χ0v) is 14.5. The zero-order chi connectivity index (χ0) is 17.2. The maximum atomic E-state index is 13.2. The van der Waals surface area contributed by atoms with Crippen molar-refractivity contribution in [1.29, 1.82) is 0 Å². The molecule has 1 heterocycles. The molecule has 1 N–H and O–H groups in total. The normalized spacial score (nSPS) is 11.4. The number of rotatable bonds is 5. The fourth-order valence-electron chi connectivity index (χ4n) is 2.30. The van der Waals surface area contributed by atoms with E-state index in [-0.39, 0.29) is 5.75 Å². The third-order valence-electron chi connectivity index (χ3n) is 3.30. The quantitative estimate of drug-likeness (QED) is 0.740. The van der Waals surface area contributed by atoms with Gasteiger partial charge in [-0.25, -0.2) is 17.8 Å². The minimum Gasteiger partial charge on any atom is -0.283 e. The second-order valence-electron chi connectivity index (χ2n) is 5.32. The van der Waals surface area contributed by atoms with Gasteiger partial charge in [0.1, 0.15) is 5.82 Å². The van der Waals surface area contributed by atoms with Crippen molar-refractivity contribution in [2.24, 2.45) is 0 Å². The van der Waals surface area contributed by atoms with Crippen LogP contribution in [0, 0.1) is 12.7 Å². The average Bonchev–Trinajstić information content (AvgIpc) is 2.93. The number of hydrogen-bond donors (Lipinski definition) is 1. The fraction of sp³-hybridized carbons (Fsp3) is 0.118. The van der Waals surface area contributed by atoms with E-state index in [0.29, 0.717) is 11.3 Å². The van der Waals surface area contributed by atoms with Gasteiger partial charge in [-0.3, -0.25) is 4.72 Å². The molecule has 4 nitrogen and oxygen atoms in total. The predicted molar refractivity (Wildman–Crippen MR) is 94.9 cm³/mol. The molecule has 0 radical (unpaired) electrons. The molecular formula is C17H15FN2O2S2. The van der Waals surface area contributed by atoms with Crippen LogP contribution < -0.4 is 4.72 Å². The van der Waals surface area contributed by atoms with Gasteiger partial charge in [-0.2, -0.15) is 0 Å². The lowest BCUT2D eigenvalue weighted by Crippen LogP contribution is -2.15. The number of nitrogens with zero attached hydrogens (tertiary/aromatic N) is 1. The summed E-state index contributed by atoms with van der Waals surface area (Å²) in [6.07, 6.45) is 0. The second kappa shape index (κ2) is 6.70. The van der Waals surface area contributed by atoms with Crippen LogP contribution in [0.5, 0.6) is 0 Å². The van der Waals surface area contributed by atoms with Crippen LogP contribution in [0.3, 0.4) is 0 Å². The summed E-state index contributed by atoms with van der Waals surface area (Å²) < 4.78 is 40.3. The summed E-state index contributed by atoms with van der Waals surface area (Å²) in [6, 6.07) is 12.6. The van der Waals surface area contributed by atoms with Gasteiger partial charge in [-0.15, -0.1) is 11.3 Å².